The van der Waals surface area contributed by atoms with Crippen molar-refractivity contribution in [3.8, 4) is 11.4 Å². The smallest absolute Gasteiger partial charge is 0.295 e. The quantitative estimate of drug-likeness (QED) is 0.538. The molecule has 3 aromatic rings. The lowest BCUT2D eigenvalue weighted by atomic mass is 9.67. The van der Waals surface area contributed by atoms with Gasteiger partial charge in [0.05, 0.1) is 0 Å². The van der Waals surface area contributed by atoms with Crippen LogP contribution in [0, 0.1) is 5.41 Å². The molecule has 1 saturated carbocycles. The van der Waals surface area contributed by atoms with Gasteiger partial charge in [-0.1, -0.05) is 51.5 Å². The summed E-state index contributed by atoms with van der Waals surface area (Å²) in [5.41, 5.74) is 3.05. The van der Waals surface area contributed by atoms with Crippen molar-refractivity contribution in [2.24, 2.45) is 10.4 Å². The first-order chi connectivity index (χ1) is 16.4. The molecule has 178 valence electrons. The van der Waals surface area contributed by atoms with Crippen LogP contribution in [0.4, 0.5) is 0 Å². The highest BCUT2D eigenvalue weighted by Crippen LogP contribution is 2.49. The zero-order valence-corrected chi connectivity index (χ0v) is 20.2. The minimum Gasteiger partial charge on any atom is -0.295 e. The second-order valence-corrected chi connectivity index (χ2v) is 10.4. The third kappa shape index (κ3) is 3.95. The third-order valence-electron chi connectivity index (χ3n) is 7.71. The molecule has 0 bridgehead atoms. The Hall–Kier alpha value is -3.29. The number of tetrazole rings is 1. The lowest BCUT2D eigenvalue weighted by Crippen LogP contribution is -2.43. The highest BCUT2D eigenvalue weighted by atomic mass is 16.1. The molecule has 3 heterocycles. The number of aromatic nitrogens is 6. The number of benzene rings is 1. The molecule has 0 radical (unpaired) electrons. The minimum absolute atomic E-state index is 0.106. The fraction of sp³-hybridized carbons (Fsp3) is 0.500. The van der Waals surface area contributed by atoms with Crippen molar-refractivity contribution in [2.75, 3.05) is 0 Å². The van der Waals surface area contributed by atoms with E-state index in [9.17, 15) is 4.79 Å². The van der Waals surface area contributed by atoms with Crippen LogP contribution in [0.2, 0.25) is 0 Å². The molecule has 1 aliphatic carbocycles. The second-order valence-electron chi connectivity index (χ2n) is 10.4. The number of H-pyrrole nitrogens is 1. The van der Waals surface area contributed by atoms with Crippen molar-refractivity contribution in [1.29, 1.82) is 0 Å². The van der Waals surface area contributed by atoms with Gasteiger partial charge < -0.3 is 0 Å². The van der Waals surface area contributed by atoms with Gasteiger partial charge in [-0.15, -0.1) is 5.10 Å². The van der Waals surface area contributed by atoms with Gasteiger partial charge in [0.1, 0.15) is 0 Å². The molecule has 1 fully saturated rings. The third-order valence-corrected chi connectivity index (χ3v) is 7.71. The number of aliphatic imine (C=N–C) groups is 1. The van der Waals surface area contributed by atoms with E-state index in [4.69, 9.17) is 0 Å². The molecule has 2 aliphatic rings. The van der Waals surface area contributed by atoms with Gasteiger partial charge in [-0.2, -0.15) is 0 Å². The Balaban J connectivity index is 1.57. The van der Waals surface area contributed by atoms with Crippen LogP contribution in [0.25, 0.3) is 11.4 Å². The van der Waals surface area contributed by atoms with Crippen molar-refractivity contribution in [3.63, 3.8) is 0 Å². The number of imidazole rings is 1. The van der Waals surface area contributed by atoms with E-state index in [-0.39, 0.29) is 22.6 Å². The van der Waals surface area contributed by atoms with E-state index in [1.54, 1.807) is 0 Å². The van der Waals surface area contributed by atoms with Crippen molar-refractivity contribution >= 4 is 6.21 Å². The highest BCUT2D eigenvalue weighted by Gasteiger charge is 2.41. The van der Waals surface area contributed by atoms with Crippen LogP contribution < -0.4 is 5.69 Å². The molecule has 1 aromatic carbocycles. The first-order valence-corrected chi connectivity index (χ1v) is 12.3. The summed E-state index contributed by atoms with van der Waals surface area (Å²) in [7, 11) is 0. The fourth-order valence-corrected chi connectivity index (χ4v) is 5.36. The lowest BCUT2D eigenvalue weighted by Gasteiger charge is -2.44. The first kappa shape index (κ1) is 22.5. The Morgan fingerprint density at radius 1 is 1.26 bits per heavy atom. The molecule has 0 spiro atoms. The van der Waals surface area contributed by atoms with Gasteiger partial charge in [-0.05, 0) is 59.6 Å². The van der Waals surface area contributed by atoms with Gasteiger partial charge >= 0.3 is 5.69 Å². The normalized spacial score (nSPS) is 23.2. The standard InChI is InChI=1S/C26H33N7O/c1-4-5-9-21-17-32(22-10-11-25(22,2)3)24(34)33(21)18-26(12-14-27-15-13-26)20-8-6-7-19(16-20)23-28-30-31-29-23/h6-8,12,14-17,22H,4-5,9-11,13,18H2,1-3H3,(H,28,29,30,31). The van der Waals surface area contributed by atoms with E-state index >= 15 is 0 Å². The summed E-state index contributed by atoms with van der Waals surface area (Å²) in [5, 5.41) is 14.4. The Morgan fingerprint density at radius 2 is 2.15 bits per heavy atom. The van der Waals surface area contributed by atoms with Gasteiger partial charge in [-0.25, -0.2) is 9.89 Å². The van der Waals surface area contributed by atoms with Crippen LogP contribution in [-0.4, -0.2) is 36.0 Å². The Labute approximate surface area is 199 Å². The lowest BCUT2D eigenvalue weighted by molar-refractivity contribution is 0.0784. The number of rotatable bonds is 8. The maximum Gasteiger partial charge on any atom is 0.328 e. The van der Waals surface area contributed by atoms with Crippen LogP contribution in [-0.2, 0) is 18.4 Å². The number of nitrogens with one attached hydrogen (secondary N) is 1. The van der Waals surface area contributed by atoms with Crippen LogP contribution in [0.1, 0.15) is 70.2 Å². The number of hydrogen-bond acceptors (Lipinski definition) is 5. The molecular formula is C26H33N7O. The van der Waals surface area contributed by atoms with Gasteiger partial charge in [0.15, 0.2) is 5.82 Å². The molecule has 34 heavy (non-hydrogen) atoms. The summed E-state index contributed by atoms with van der Waals surface area (Å²) in [6.07, 6.45) is 14.1. The fourth-order valence-electron chi connectivity index (χ4n) is 5.36. The van der Waals surface area contributed by atoms with Crippen molar-refractivity contribution < 1.29 is 0 Å². The van der Waals surface area contributed by atoms with E-state index in [2.05, 4.69) is 70.8 Å². The summed E-state index contributed by atoms with van der Waals surface area (Å²) >= 11 is 0. The Kier molecular flexibility index (Phi) is 5.83. The number of allylic oxidation sites excluding steroid dienone is 1. The average molecular weight is 460 g/mol. The SMILES string of the molecule is CCCCc1cn(C2CCC2(C)C)c(=O)n1CC1(c2cccc(-c3nnn[nH]3)c2)C=CN=CC1. The molecule has 1 aliphatic heterocycles. The van der Waals surface area contributed by atoms with Crippen LogP contribution in [0.3, 0.4) is 0 Å². The average Bonchev–Trinajstić information content (AvgIpc) is 3.48. The molecule has 0 saturated heterocycles. The molecule has 0 amide bonds. The maximum absolute atomic E-state index is 13.8. The molecule has 2 unspecified atom stereocenters. The summed E-state index contributed by atoms with van der Waals surface area (Å²) in [6, 6.07) is 8.53. The van der Waals surface area contributed by atoms with E-state index in [1.807, 2.05) is 33.7 Å². The van der Waals surface area contributed by atoms with E-state index in [1.165, 1.54) is 0 Å². The van der Waals surface area contributed by atoms with E-state index in [0.29, 0.717) is 12.4 Å². The predicted molar refractivity (Wildman–Crippen MR) is 133 cm³/mol. The second kappa shape index (κ2) is 8.81. The Morgan fingerprint density at radius 3 is 2.79 bits per heavy atom. The number of nitrogens with zero attached hydrogens (tertiary/aromatic N) is 6. The number of unbranched alkanes of at least 4 members (excludes halogenated alkanes) is 1. The summed E-state index contributed by atoms with van der Waals surface area (Å²) in [6.45, 7) is 7.30. The zero-order valence-electron chi connectivity index (χ0n) is 20.2. The number of aromatic amines is 1. The number of hydrogen-bond donors (Lipinski definition) is 1. The highest BCUT2D eigenvalue weighted by molar-refractivity contribution is 5.65. The van der Waals surface area contributed by atoms with Crippen molar-refractivity contribution in [2.45, 2.75) is 77.3 Å². The van der Waals surface area contributed by atoms with E-state index in [0.717, 1.165) is 55.3 Å². The van der Waals surface area contributed by atoms with Gasteiger partial charge in [-0.3, -0.25) is 14.1 Å². The summed E-state index contributed by atoms with van der Waals surface area (Å²) in [5.74, 6) is 0.629. The van der Waals surface area contributed by atoms with Crippen LogP contribution in [0.15, 0.2) is 52.5 Å². The minimum atomic E-state index is -0.378. The molecule has 8 nitrogen and oxygen atoms in total. The topological polar surface area (TPSA) is 93.7 Å². The molecule has 2 aromatic heterocycles. The Bertz CT molecular complexity index is 1260. The summed E-state index contributed by atoms with van der Waals surface area (Å²) < 4.78 is 4.04. The summed E-state index contributed by atoms with van der Waals surface area (Å²) in [4.78, 5) is 18.2. The maximum atomic E-state index is 13.8. The number of aryl methyl sites for hydroxylation is 1. The van der Waals surface area contributed by atoms with Crippen LogP contribution in [0.5, 0.6) is 0 Å². The van der Waals surface area contributed by atoms with Gasteiger partial charge in [0.2, 0.25) is 0 Å². The molecule has 5 rings (SSSR count). The molecule has 8 heteroatoms. The largest absolute Gasteiger partial charge is 0.328 e. The first-order valence-electron chi connectivity index (χ1n) is 12.3. The van der Waals surface area contributed by atoms with Crippen LogP contribution >= 0.6 is 0 Å². The van der Waals surface area contributed by atoms with Crippen molar-refractivity contribution in [1.82, 2.24) is 29.8 Å². The molecule has 1 N–H and O–H groups in total. The monoisotopic (exact) mass is 459 g/mol. The molecule has 2 atom stereocenters. The van der Waals surface area contributed by atoms with Gasteiger partial charge in [0, 0.05) is 47.9 Å². The van der Waals surface area contributed by atoms with Crippen molar-refractivity contribution in [3.05, 3.63) is 64.5 Å². The predicted octanol–water partition coefficient (Wildman–Crippen LogP) is 4.46. The van der Waals surface area contributed by atoms with E-state index < -0.39 is 0 Å². The van der Waals surface area contributed by atoms with Gasteiger partial charge in [0.25, 0.3) is 0 Å². The zero-order chi connectivity index (χ0) is 23.8. The molecular weight excluding hydrogens is 426 g/mol.